The molecule has 0 amide bonds. The monoisotopic (exact) mass is 299 g/mol. The van der Waals surface area contributed by atoms with Crippen LogP contribution in [0.25, 0.3) is 10.2 Å². The molecule has 108 valence electrons. The molecule has 0 radical (unpaired) electrons. The van der Waals surface area contributed by atoms with E-state index in [1.54, 1.807) is 18.4 Å². The number of thiophene rings is 1. The molecule has 0 fully saturated rings. The van der Waals surface area contributed by atoms with E-state index < -0.39 is 0 Å². The fourth-order valence-corrected chi connectivity index (χ4v) is 3.21. The number of hydrogen-bond acceptors (Lipinski definition) is 5. The van der Waals surface area contributed by atoms with Crippen molar-refractivity contribution in [1.29, 1.82) is 0 Å². The van der Waals surface area contributed by atoms with E-state index in [1.807, 2.05) is 24.3 Å². The highest BCUT2D eigenvalue weighted by Crippen LogP contribution is 2.28. The topological polar surface area (TPSA) is 61.0 Å². The largest absolute Gasteiger partial charge is 0.497 e. The zero-order valence-corrected chi connectivity index (χ0v) is 12.9. The zero-order valence-electron chi connectivity index (χ0n) is 12.1. The number of aromatic nitrogens is 2. The van der Waals surface area contributed by atoms with E-state index in [1.165, 1.54) is 4.88 Å². The first kappa shape index (κ1) is 13.8. The van der Waals surface area contributed by atoms with E-state index in [0.29, 0.717) is 12.2 Å². The van der Waals surface area contributed by atoms with Gasteiger partial charge < -0.3 is 10.5 Å². The lowest BCUT2D eigenvalue weighted by Crippen LogP contribution is -2.00. The number of nitrogens with two attached hydrogens (primary N) is 1. The smallest absolute Gasteiger partial charge is 0.136 e. The average molecular weight is 299 g/mol. The number of methoxy groups -OCH3 is 1. The molecule has 2 aromatic heterocycles. The van der Waals surface area contributed by atoms with Crippen molar-refractivity contribution >= 4 is 27.4 Å². The molecule has 0 atom stereocenters. The fourth-order valence-electron chi connectivity index (χ4n) is 2.22. The second-order valence-electron chi connectivity index (χ2n) is 4.84. The molecule has 21 heavy (non-hydrogen) atoms. The van der Waals surface area contributed by atoms with Gasteiger partial charge in [0.2, 0.25) is 0 Å². The number of ether oxygens (including phenoxy) is 1. The second kappa shape index (κ2) is 5.69. The Hall–Kier alpha value is -2.14. The molecule has 0 aliphatic heterocycles. The highest BCUT2D eigenvalue weighted by molar-refractivity contribution is 7.18. The lowest BCUT2D eigenvalue weighted by Gasteiger charge is -2.04. The Morgan fingerprint density at radius 1 is 1.19 bits per heavy atom. The lowest BCUT2D eigenvalue weighted by atomic mass is 10.1. The van der Waals surface area contributed by atoms with Crippen LogP contribution in [0.15, 0.2) is 30.3 Å². The molecule has 3 rings (SSSR count). The van der Waals surface area contributed by atoms with Crippen molar-refractivity contribution in [3.63, 3.8) is 0 Å². The number of nitrogens with zero attached hydrogens (tertiary/aromatic N) is 2. The summed E-state index contributed by atoms with van der Waals surface area (Å²) >= 11 is 1.69. The molecule has 0 spiro atoms. The van der Waals surface area contributed by atoms with Gasteiger partial charge in [-0.1, -0.05) is 19.1 Å². The SMILES string of the molecule is CCc1cc2c(N)nc(Cc3ccc(OC)cc3)nc2s1. The molecule has 3 aromatic rings. The van der Waals surface area contributed by atoms with Crippen LogP contribution in [0.3, 0.4) is 0 Å². The van der Waals surface area contributed by atoms with Gasteiger partial charge in [0, 0.05) is 11.3 Å². The minimum atomic E-state index is 0.569. The molecule has 0 bridgehead atoms. The fraction of sp³-hybridized carbons (Fsp3) is 0.250. The van der Waals surface area contributed by atoms with Crippen molar-refractivity contribution < 1.29 is 4.74 Å². The molecule has 0 saturated carbocycles. The van der Waals surface area contributed by atoms with Gasteiger partial charge in [0.15, 0.2) is 0 Å². The van der Waals surface area contributed by atoms with Crippen LogP contribution in [0.2, 0.25) is 0 Å². The Balaban J connectivity index is 1.92. The number of aryl methyl sites for hydroxylation is 1. The number of hydrogen-bond donors (Lipinski definition) is 1. The van der Waals surface area contributed by atoms with Gasteiger partial charge in [-0.3, -0.25) is 0 Å². The van der Waals surface area contributed by atoms with Crippen LogP contribution in [0.4, 0.5) is 5.82 Å². The maximum atomic E-state index is 6.06. The van der Waals surface area contributed by atoms with E-state index in [9.17, 15) is 0 Å². The third kappa shape index (κ3) is 2.83. The van der Waals surface area contributed by atoms with E-state index in [4.69, 9.17) is 10.5 Å². The quantitative estimate of drug-likeness (QED) is 0.801. The summed E-state index contributed by atoms with van der Waals surface area (Å²) in [6.07, 6.45) is 1.66. The Kier molecular flexibility index (Phi) is 3.75. The molecule has 1 aromatic carbocycles. The van der Waals surface area contributed by atoms with Crippen LogP contribution in [0.1, 0.15) is 23.2 Å². The predicted molar refractivity (Wildman–Crippen MR) is 87.0 cm³/mol. The summed E-state index contributed by atoms with van der Waals surface area (Å²) in [4.78, 5) is 11.3. The molecular formula is C16H17N3OS. The van der Waals surface area contributed by atoms with Crippen LogP contribution in [0.5, 0.6) is 5.75 Å². The van der Waals surface area contributed by atoms with Crippen molar-refractivity contribution in [3.05, 3.63) is 46.6 Å². The maximum absolute atomic E-state index is 6.06. The molecule has 2 N–H and O–H groups in total. The molecule has 0 unspecified atom stereocenters. The molecule has 0 aliphatic rings. The van der Waals surface area contributed by atoms with Gasteiger partial charge in [0.25, 0.3) is 0 Å². The van der Waals surface area contributed by atoms with Gasteiger partial charge in [0.1, 0.15) is 22.2 Å². The Labute approximate surface area is 127 Å². The van der Waals surface area contributed by atoms with Crippen molar-refractivity contribution in [1.82, 2.24) is 9.97 Å². The van der Waals surface area contributed by atoms with Crippen LogP contribution >= 0.6 is 11.3 Å². The lowest BCUT2D eigenvalue weighted by molar-refractivity contribution is 0.414. The van der Waals surface area contributed by atoms with Gasteiger partial charge in [-0.15, -0.1) is 11.3 Å². The molecule has 5 heteroatoms. The summed E-state index contributed by atoms with van der Waals surface area (Å²) in [7, 11) is 1.66. The number of nitrogen functional groups attached to an aromatic ring is 1. The second-order valence-corrected chi connectivity index (χ2v) is 5.95. The molecule has 0 saturated heterocycles. The summed E-state index contributed by atoms with van der Waals surface area (Å²) in [6, 6.07) is 10.0. The van der Waals surface area contributed by atoms with E-state index in [2.05, 4.69) is 23.0 Å². The normalized spacial score (nSPS) is 11.0. The van der Waals surface area contributed by atoms with Crippen LogP contribution in [-0.2, 0) is 12.8 Å². The van der Waals surface area contributed by atoms with Gasteiger partial charge in [-0.05, 0) is 30.2 Å². The minimum absolute atomic E-state index is 0.569. The summed E-state index contributed by atoms with van der Waals surface area (Å²) in [5, 5.41) is 0.968. The molecular weight excluding hydrogens is 282 g/mol. The minimum Gasteiger partial charge on any atom is -0.497 e. The summed E-state index contributed by atoms with van der Waals surface area (Å²) in [6.45, 7) is 2.13. The zero-order chi connectivity index (χ0) is 14.8. The Bertz CT molecular complexity index is 765. The first-order valence-electron chi connectivity index (χ1n) is 6.87. The highest BCUT2D eigenvalue weighted by atomic mass is 32.1. The van der Waals surface area contributed by atoms with E-state index in [-0.39, 0.29) is 0 Å². The number of rotatable bonds is 4. The van der Waals surface area contributed by atoms with Gasteiger partial charge in [0.05, 0.1) is 12.5 Å². The van der Waals surface area contributed by atoms with Gasteiger partial charge in [-0.25, -0.2) is 9.97 Å². The maximum Gasteiger partial charge on any atom is 0.136 e. The standard InChI is InChI=1S/C16H17N3OS/c1-3-12-9-13-15(17)18-14(19-16(13)21-12)8-10-4-6-11(20-2)7-5-10/h4-7,9H,3,8H2,1-2H3,(H2,17,18,19). The van der Waals surface area contributed by atoms with Crippen molar-refractivity contribution in [2.24, 2.45) is 0 Å². The summed E-state index contributed by atoms with van der Waals surface area (Å²) in [5.74, 6) is 2.18. The Morgan fingerprint density at radius 3 is 2.62 bits per heavy atom. The van der Waals surface area contributed by atoms with E-state index in [0.717, 1.165) is 33.8 Å². The van der Waals surface area contributed by atoms with Crippen molar-refractivity contribution in [2.45, 2.75) is 19.8 Å². The van der Waals surface area contributed by atoms with Crippen LogP contribution in [-0.4, -0.2) is 17.1 Å². The van der Waals surface area contributed by atoms with Crippen LogP contribution < -0.4 is 10.5 Å². The van der Waals surface area contributed by atoms with E-state index >= 15 is 0 Å². The number of fused-ring (bicyclic) bond motifs is 1. The van der Waals surface area contributed by atoms with Crippen molar-refractivity contribution in [3.8, 4) is 5.75 Å². The third-order valence-electron chi connectivity index (χ3n) is 3.39. The first-order valence-corrected chi connectivity index (χ1v) is 7.69. The number of benzene rings is 1. The van der Waals surface area contributed by atoms with Crippen LogP contribution in [0, 0.1) is 0 Å². The number of anilines is 1. The van der Waals surface area contributed by atoms with Gasteiger partial charge >= 0.3 is 0 Å². The third-order valence-corrected chi connectivity index (χ3v) is 4.56. The van der Waals surface area contributed by atoms with Crippen molar-refractivity contribution in [2.75, 3.05) is 12.8 Å². The highest BCUT2D eigenvalue weighted by Gasteiger charge is 2.09. The molecule has 4 nitrogen and oxygen atoms in total. The Morgan fingerprint density at radius 2 is 1.95 bits per heavy atom. The first-order chi connectivity index (χ1) is 10.2. The molecule has 0 aliphatic carbocycles. The van der Waals surface area contributed by atoms with Gasteiger partial charge in [-0.2, -0.15) is 0 Å². The summed E-state index contributed by atoms with van der Waals surface area (Å²) < 4.78 is 5.16. The molecule has 2 heterocycles. The summed E-state index contributed by atoms with van der Waals surface area (Å²) in [5.41, 5.74) is 7.20. The predicted octanol–water partition coefficient (Wildman–Crippen LogP) is 3.44. The average Bonchev–Trinajstić information content (AvgIpc) is 2.92.